The number of carbonyl (C=O) groups is 2. The zero-order valence-corrected chi connectivity index (χ0v) is 19.8. The third-order valence-electron chi connectivity index (χ3n) is 6.46. The molecule has 1 heterocycles. The number of benzene rings is 2. The van der Waals surface area contributed by atoms with E-state index in [0.29, 0.717) is 6.42 Å². The Hall–Kier alpha value is -2.62. The summed E-state index contributed by atoms with van der Waals surface area (Å²) in [4.78, 5) is 24.6. The van der Waals surface area contributed by atoms with E-state index in [-0.39, 0.29) is 23.3 Å². The molecule has 0 saturated carbocycles. The van der Waals surface area contributed by atoms with Crippen LogP contribution < -0.4 is 4.74 Å². The Bertz CT molecular complexity index is 1000. The maximum atomic E-state index is 13.0. The second-order valence-corrected chi connectivity index (χ2v) is 9.67. The number of fused-ring (bicyclic) bond motifs is 1. The minimum Gasteiger partial charge on any atom is -0.469 e. The molecule has 1 atom stereocenters. The van der Waals surface area contributed by atoms with Crippen LogP contribution in [0.1, 0.15) is 92.2 Å². The van der Waals surface area contributed by atoms with E-state index in [1.807, 2.05) is 13.8 Å². The van der Waals surface area contributed by atoms with Gasteiger partial charge in [0.1, 0.15) is 11.7 Å². The number of carbonyl (C=O) groups excluding carboxylic acids is 2. The van der Waals surface area contributed by atoms with Crippen LogP contribution in [-0.4, -0.2) is 19.0 Å². The summed E-state index contributed by atoms with van der Waals surface area (Å²) in [6, 6.07) is 10.6. The molecule has 166 valence electrons. The maximum absolute atomic E-state index is 13.0. The molecule has 1 aliphatic rings. The van der Waals surface area contributed by atoms with Gasteiger partial charge < -0.3 is 9.47 Å². The van der Waals surface area contributed by atoms with Crippen molar-refractivity contribution in [3.8, 4) is 5.75 Å². The highest BCUT2D eigenvalue weighted by atomic mass is 16.5. The fourth-order valence-electron chi connectivity index (χ4n) is 4.40. The average molecular weight is 423 g/mol. The molecule has 4 heteroatoms. The van der Waals surface area contributed by atoms with Crippen molar-refractivity contribution in [2.75, 3.05) is 7.11 Å². The van der Waals surface area contributed by atoms with Crippen LogP contribution in [0, 0.1) is 13.8 Å². The summed E-state index contributed by atoms with van der Waals surface area (Å²) in [5.41, 5.74) is 6.28. The van der Waals surface area contributed by atoms with Crippen LogP contribution in [0.5, 0.6) is 5.75 Å². The lowest BCUT2D eigenvalue weighted by atomic mass is 9.76. The van der Waals surface area contributed by atoms with Crippen LogP contribution in [-0.2, 0) is 19.7 Å². The predicted molar refractivity (Wildman–Crippen MR) is 123 cm³/mol. The van der Waals surface area contributed by atoms with Gasteiger partial charge in [-0.15, -0.1) is 0 Å². The summed E-state index contributed by atoms with van der Waals surface area (Å²) in [5.74, 6) is 0.163. The number of ether oxygens (including phenoxy) is 2. The molecule has 0 aliphatic carbocycles. The highest BCUT2D eigenvalue weighted by molar-refractivity contribution is 5.90. The van der Waals surface area contributed by atoms with Gasteiger partial charge in [0.15, 0.2) is 0 Å². The van der Waals surface area contributed by atoms with E-state index in [4.69, 9.17) is 9.47 Å². The van der Waals surface area contributed by atoms with Crippen LogP contribution in [0.2, 0.25) is 0 Å². The first-order valence-electron chi connectivity index (χ1n) is 11.1. The molecule has 0 radical (unpaired) electrons. The zero-order valence-electron chi connectivity index (χ0n) is 19.8. The Morgan fingerprint density at radius 2 is 1.84 bits per heavy atom. The molecule has 0 saturated heterocycles. The van der Waals surface area contributed by atoms with Gasteiger partial charge in [0.2, 0.25) is 0 Å². The first-order chi connectivity index (χ1) is 14.5. The number of hydrogen-bond donors (Lipinski definition) is 0. The fourth-order valence-corrected chi connectivity index (χ4v) is 4.40. The summed E-state index contributed by atoms with van der Waals surface area (Å²) in [6.45, 7) is 12.7. The maximum Gasteiger partial charge on any atom is 0.323 e. The van der Waals surface area contributed by atoms with Crippen molar-refractivity contribution >= 4 is 11.9 Å². The van der Waals surface area contributed by atoms with Gasteiger partial charge in [0.05, 0.1) is 7.11 Å². The summed E-state index contributed by atoms with van der Waals surface area (Å²) in [6.07, 6.45) is 2.01. The lowest BCUT2D eigenvalue weighted by Crippen LogP contribution is -2.19. The molecule has 3 rings (SSSR count). The zero-order chi connectivity index (χ0) is 22.9. The standard InChI is InChI=1S/C27H34O4/c1-16(2)20-14-19(27(5,6)12-8-9-23(28)30-7)15-22-24(26(29)31-25(20)22)21-13-17(3)10-11-18(21)4/h10-11,13-16,24H,8-9,12H2,1-7H3. The van der Waals surface area contributed by atoms with Crippen molar-refractivity contribution in [2.45, 2.75) is 78.1 Å². The summed E-state index contributed by atoms with van der Waals surface area (Å²) >= 11 is 0. The normalized spacial score (nSPS) is 15.7. The number of rotatable bonds is 7. The average Bonchev–Trinajstić information content (AvgIpc) is 3.04. The molecule has 0 bridgehead atoms. The van der Waals surface area contributed by atoms with E-state index in [2.05, 4.69) is 58.0 Å². The van der Waals surface area contributed by atoms with Crippen LogP contribution in [0.4, 0.5) is 0 Å². The molecule has 0 N–H and O–H groups in total. The van der Waals surface area contributed by atoms with Crippen molar-refractivity contribution in [3.05, 3.63) is 63.7 Å². The van der Waals surface area contributed by atoms with Gasteiger partial charge in [-0.2, -0.15) is 0 Å². The van der Waals surface area contributed by atoms with Crippen molar-refractivity contribution in [1.29, 1.82) is 0 Å². The molecule has 4 nitrogen and oxygen atoms in total. The molecule has 31 heavy (non-hydrogen) atoms. The van der Waals surface area contributed by atoms with Crippen molar-refractivity contribution in [3.63, 3.8) is 0 Å². The quantitative estimate of drug-likeness (QED) is 0.400. The summed E-state index contributed by atoms with van der Waals surface area (Å²) in [7, 11) is 1.42. The molecule has 2 aromatic carbocycles. The Labute approximate surface area is 186 Å². The third-order valence-corrected chi connectivity index (χ3v) is 6.46. The molecular weight excluding hydrogens is 388 g/mol. The largest absolute Gasteiger partial charge is 0.469 e. The minimum absolute atomic E-state index is 0.148. The van der Waals surface area contributed by atoms with Crippen LogP contribution in [0.25, 0.3) is 0 Å². The van der Waals surface area contributed by atoms with Crippen molar-refractivity contribution in [2.24, 2.45) is 0 Å². The van der Waals surface area contributed by atoms with Crippen molar-refractivity contribution < 1.29 is 19.1 Å². The van der Waals surface area contributed by atoms with E-state index >= 15 is 0 Å². The van der Waals surface area contributed by atoms with Crippen LogP contribution in [0.15, 0.2) is 30.3 Å². The van der Waals surface area contributed by atoms with Crippen LogP contribution >= 0.6 is 0 Å². The van der Waals surface area contributed by atoms with Gasteiger partial charge in [0.25, 0.3) is 0 Å². The first-order valence-corrected chi connectivity index (χ1v) is 11.1. The second kappa shape index (κ2) is 8.86. The van der Waals surface area contributed by atoms with E-state index in [0.717, 1.165) is 46.4 Å². The highest BCUT2D eigenvalue weighted by Gasteiger charge is 2.39. The van der Waals surface area contributed by atoms with Gasteiger partial charge in [0, 0.05) is 12.0 Å². The number of hydrogen-bond acceptors (Lipinski definition) is 4. The van der Waals surface area contributed by atoms with Crippen molar-refractivity contribution in [1.82, 2.24) is 0 Å². The molecule has 0 spiro atoms. The smallest absolute Gasteiger partial charge is 0.323 e. The van der Waals surface area contributed by atoms with Gasteiger partial charge in [-0.25, -0.2) is 0 Å². The monoisotopic (exact) mass is 422 g/mol. The van der Waals surface area contributed by atoms with E-state index < -0.39 is 5.92 Å². The van der Waals surface area contributed by atoms with Gasteiger partial charge in [-0.05, 0) is 60.3 Å². The SMILES string of the molecule is COC(=O)CCCC(C)(C)c1cc(C(C)C)c2c(c1)C(c1cc(C)ccc1C)C(=O)O2. The number of methoxy groups -OCH3 is 1. The van der Waals surface area contributed by atoms with E-state index in [1.54, 1.807) is 0 Å². The summed E-state index contributed by atoms with van der Waals surface area (Å²) < 4.78 is 10.6. The van der Waals surface area contributed by atoms with Gasteiger partial charge in [-0.3, -0.25) is 9.59 Å². The highest BCUT2D eigenvalue weighted by Crippen LogP contribution is 2.47. The molecule has 0 amide bonds. The summed E-state index contributed by atoms with van der Waals surface area (Å²) in [5, 5.41) is 0. The molecule has 1 unspecified atom stereocenters. The molecule has 0 aromatic heterocycles. The number of esters is 2. The fraction of sp³-hybridized carbons (Fsp3) is 0.481. The first kappa shape index (κ1) is 23.1. The Morgan fingerprint density at radius 1 is 1.13 bits per heavy atom. The Kier molecular flexibility index (Phi) is 6.59. The second-order valence-electron chi connectivity index (χ2n) is 9.67. The minimum atomic E-state index is -0.404. The molecule has 2 aromatic rings. The predicted octanol–water partition coefficient (Wildman–Crippen LogP) is 6.10. The van der Waals surface area contributed by atoms with Gasteiger partial charge in [-0.1, -0.05) is 63.6 Å². The van der Waals surface area contributed by atoms with Crippen LogP contribution in [0.3, 0.4) is 0 Å². The third kappa shape index (κ3) is 4.68. The Balaban J connectivity index is 2.07. The van der Waals surface area contributed by atoms with E-state index in [9.17, 15) is 9.59 Å². The lowest BCUT2D eigenvalue weighted by molar-refractivity contribution is -0.140. The molecular formula is C27H34O4. The molecule has 1 aliphatic heterocycles. The number of aryl methyl sites for hydroxylation is 2. The van der Waals surface area contributed by atoms with Gasteiger partial charge >= 0.3 is 11.9 Å². The molecule has 0 fully saturated rings. The Morgan fingerprint density at radius 3 is 2.48 bits per heavy atom. The lowest BCUT2D eigenvalue weighted by Gasteiger charge is -2.28. The topological polar surface area (TPSA) is 52.6 Å². The van der Waals surface area contributed by atoms with E-state index in [1.165, 1.54) is 12.7 Å².